The van der Waals surface area contributed by atoms with E-state index < -0.39 is 10.0 Å². The zero-order valence-electron chi connectivity index (χ0n) is 11.2. The SMILES string of the molecule is Cc1ccccc1S(=O)(=O)NC1CCNC(C)C1.Cl. The first-order chi connectivity index (χ1) is 8.49. The standard InChI is InChI=1S/C13H20N2O2S.ClH/c1-10-5-3-4-6-13(10)18(16,17)15-12-7-8-14-11(2)9-12;/h3-6,11-12,14-15H,7-9H2,1-2H3;1H. The molecule has 1 saturated heterocycles. The van der Waals surface area contributed by atoms with Crippen LogP contribution in [-0.4, -0.2) is 27.0 Å². The molecule has 0 bridgehead atoms. The minimum absolute atomic E-state index is 0. The van der Waals surface area contributed by atoms with Crippen LogP contribution in [0.1, 0.15) is 25.3 Å². The van der Waals surface area contributed by atoms with Crippen LogP contribution in [0.3, 0.4) is 0 Å². The summed E-state index contributed by atoms with van der Waals surface area (Å²) in [4.78, 5) is 0.385. The van der Waals surface area contributed by atoms with Crippen molar-refractivity contribution in [1.29, 1.82) is 0 Å². The maximum Gasteiger partial charge on any atom is 0.241 e. The third-order valence-corrected chi connectivity index (χ3v) is 5.01. The van der Waals surface area contributed by atoms with Crippen LogP contribution in [-0.2, 0) is 10.0 Å². The number of nitrogens with one attached hydrogen (secondary N) is 2. The monoisotopic (exact) mass is 304 g/mol. The van der Waals surface area contributed by atoms with Crippen molar-refractivity contribution in [1.82, 2.24) is 10.0 Å². The van der Waals surface area contributed by atoms with Gasteiger partial charge in [0, 0.05) is 12.1 Å². The van der Waals surface area contributed by atoms with Crippen molar-refractivity contribution in [3.05, 3.63) is 29.8 Å². The minimum atomic E-state index is -3.39. The van der Waals surface area contributed by atoms with Crippen LogP contribution in [0.15, 0.2) is 29.2 Å². The average molecular weight is 305 g/mol. The van der Waals surface area contributed by atoms with Crippen molar-refractivity contribution in [2.75, 3.05) is 6.54 Å². The Kier molecular flexibility index (Phi) is 5.80. The third kappa shape index (κ3) is 4.18. The van der Waals surface area contributed by atoms with Gasteiger partial charge in [-0.25, -0.2) is 13.1 Å². The van der Waals surface area contributed by atoms with Crippen molar-refractivity contribution >= 4 is 22.4 Å². The summed E-state index contributed by atoms with van der Waals surface area (Å²) in [6.45, 7) is 4.76. The van der Waals surface area contributed by atoms with Crippen LogP contribution in [0.25, 0.3) is 0 Å². The van der Waals surface area contributed by atoms with Gasteiger partial charge in [0.05, 0.1) is 4.90 Å². The Morgan fingerprint density at radius 3 is 2.63 bits per heavy atom. The van der Waals surface area contributed by atoms with E-state index in [1.54, 1.807) is 12.1 Å². The van der Waals surface area contributed by atoms with Gasteiger partial charge in [0.25, 0.3) is 0 Å². The number of rotatable bonds is 3. The first kappa shape index (κ1) is 16.4. The second-order valence-corrected chi connectivity index (χ2v) is 6.65. The highest BCUT2D eigenvalue weighted by Crippen LogP contribution is 2.17. The molecular formula is C13H21ClN2O2S. The lowest BCUT2D eigenvalue weighted by Crippen LogP contribution is -2.46. The molecule has 1 aromatic rings. The van der Waals surface area contributed by atoms with E-state index in [-0.39, 0.29) is 18.4 Å². The van der Waals surface area contributed by atoms with Crippen molar-refractivity contribution in [2.24, 2.45) is 0 Å². The molecule has 2 N–H and O–H groups in total. The summed E-state index contributed by atoms with van der Waals surface area (Å²) in [5.41, 5.74) is 0.784. The molecule has 1 fully saturated rings. The number of aryl methyl sites for hydroxylation is 1. The predicted octanol–water partition coefficient (Wildman–Crippen LogP) is 1.84. The summed E-state index contributed by atoms with van der Waals surface area (Å²) in [7, 11) is -3.39. The van der Waals surface area contributed by atoms with E-state index in [9.17, 15) is 8.42 Å². The van der Waals surface area contributed by atoms with E-state index >= 15 is 0 Å². The molecule has 2 rings (SSSR count). The van der Waals surface area contributed by atoms with E-state index in [0.717, 1.165) is 24.9 Å². The number of hydrogen-bond donors (Lipinski definition) is 2. The summed E-state index contributed by atoms with van der Waals surface area (Å²) in [5, 5.41) is 3.31. The zero-order chi connectivity index (χ0) is 13.2. The molecule has 0 aromatic heterocycles. The Balaban J connectivity index is 0.00000180. The van der Waals surface area contributed by atoms with Crippen molar-refractivity contribution < 1.29 is 8.42 Å². The molecule has 0 radical (unpaired) electrons. The molecule has 0 saturated carbocycles. The molecule has 1 aliphatic rings. The topological polar surface area (TPSA) is 58.2 Å². The fraction of sp³-hybridized carbons (Fsp3) is 0.538. The summed E-state index contributed by atoms with van der Waals surface area (Å²) in [6.07, 6.45) is 1.68. The van der Waals surface area contributed by atoms with Crippen LogP contribution >= 0.6 is 12.4 Å². The van der Waals surface area contributed by atoms with Gasteiger partial charge in [-0.3, -0.25) is 0 Å². The lowest BCUT2D eigenvalue weighted by Gasteiger charge is -2.28. The van der Waals surface area contributed by atoms with Gasteiger partial charge >= 0.3 is 0 Å². The van der Waals surface area contributed by atoms with E-state index in [4.69, 9.17) is 0 Å². The van der Waals surface area contributed by atoms with E-state index in [0.29, 0.717) is 10.9 Å². The maximum absolute atomic E-state index is 12.3. The number of sulfonamides is 1. The number of benzene rings is 1. The molecule has 4 nitrogen and oxygen atoms in total. The van der Waals surface area contributed by atoms with Crippen molar-refractivity contribution in [2.45, 2.75) is 43.7 Å². The highest BCUT2D eigenvalue weighted by atomic mass is 35.5. The van der Waals surface area contributed by atoms with Gasteiger partial charge in [-0.1, -0.05) is 18.2 Å². The Hall–Kier alpha value is -0.620. The minimum Gasteiger partial charge on any atom is -0.314 e. The van der Waals surface area contributed by atoms with E-state index in [1.807, 2.05) is 19.1 Å². The van der Waals surface area contributed by atoms with Crippen LogP contribution in [0.4, 0.5) is 0 Å². The van der Waals surface area contributed by atoms with Gasteiger partial charge < -0.3 is 5.32 Å². The van der Waals surface area contributed by atoms with Gasteiger partial charge in [-0.15, -0.1) is 12.4 Å². The smallest absolute Gasteiger partial charge is 0.241 e. The van der Waals surface area contributed by atoms with Gasteiger partial charge in [0.1, 0.15) is 0 Å². The first-order valence-electron chi connectivity index (χ1n) is 6.30. The summed E-state index contributed by atoms with van der Waals surface area (Å²) in [6, 6.07) is 7.48. The largest absolute Gasteiger partial charge is 0.314 e. The van der Waals surface area contributed by atoms with Crippen LogP contribution in [0.5, 0.6) is 0 Å². The van der Waals surface area contributed by atoms with Crippen molar-refractivity contribution in [3.8, 4) is 0 Å². The molecule has 1 aliphatic heterocycles. The van der Waals surface area contributed by atoms with Gasteiger partial charge in [0.15, 0.2) is 0 Å². The normalized spacial score (nSPS) is 23.7. The Labute approximate surface area is 121 Å². The molecule has 1 aromatic carbocycles. The Morgan fingerprint density at radius 2 is 2.00 bits per heavy atom. The van der Waals surface area contributed by atoms with Crippen molar-refractivity contribution in [3.63, 3.8) is 0 Å². The summed E-state index contributed by atoms with van der Waals surface area (Å²) in [5.74, 6) is 0. The molecule has 0 aliphatic carbocycles. The van der Waals surface area contributed by atoms with Gasteiger partial charge in [0.2, 0.25) is 10.0 Å². The molecule has 6 heteroatoms. The number of piperidine rings is 1. The Morgan fingerprint density at radius 1 is 1.32 bits per heavy atom. The lowest BCUT2D eigenvalue weighted by molar-refractivity contribution is 0.361. The second kappa shape index (κ2) is 6.70. The van der Waals surface area contributed by atoms with Gasteiger partial charge in [-0.05, 0) is 44.9 Å². The van der Waals surface area contributed by atoms with Crippen LogP contribution in [0.2, 0.25) is 0 Å². The predicted molar refractivity (Wildman–Crippen MR) is 79.2 cm³/mol. The molecule has 108 valence electrons. The fourth-order valence-electron chi connectivity index (χ4n) is 2.38. The molecule has 2 unspecified atom stereocenters. The number of hydrogen-bond acceptors (Lipinski definition) is 3. The van der Waals surface area contributed by atoms with Crippen LogP contribution in [0, 0.1) is 6.92 Å². The van der Waals surface area contributed by atoms with E-state index in [1.165, 1.54) is 0 Å². The second-order valence-electron chi connectivity index (χ2n) is 4.96. The average Bonchev–Trinajstić information content (AvgIpc) is 2.28. The molecule has 0 spiro atoms. The zero-order valence-corrected chi connectivity index (χ0v) is 12.9. The first-order valence-corrected chi connectivity index (χ1v) is 7.79. The summed E-state index contributed by atoms with van der Waals surface area (Å²) >= 11 is 0. The van der Waals surface area contributed by atoms with Crippen LogP contribution < -0.4 is 10.0 Å². The third-order valence-electron chi connectivity index (χ3n) is 3.33. The molecule has 19 heavy (non-hydrogen) atoms. The highest BCUT2D eigenvalue weighted by molar-refractivity contribution is 7.89. The fourth-order valence-corrected chi connectivity index (χ4v) is 3.91. The molecule has 0 amide bonds. The van der Waals surface area contributed by atoms with E-state index in [2.05, 4.69) is 17.0 Å². The quantitative estimate of drug-likeness (QED) is 0.896. The maximum atomic E-state index is 12.3. The Bertz CT molecular complexity index is 519. The summed E-state index contributed by atoms with van der Waals surface area (Å²) < 4.78 is 27.4. The number of halogens is 1. The lowest BCUT2D eigenvalue weighted by atomic mass is 10.0. The van der Waals surface area contributed by atoms with Gasteiger partial charge in [-0.2, -0.15) is 0 Å². The molecule has 2 atom stereocenters. The molecule has 1 heterocycles. The highest BCUT2D eigenvalue weighted by Gasteiger charge is 2.24. The molecular weight excluding hydrogens is 284 g/mol.